The van der Waals surface area contributed by atoms with Crippen LogP contribution < -0.4 is 5.56 Å². The normalized spacial score (nSPS) is 10.1. The summed E-state index contributed by atoms with van der Waals surface area (Å²) in [5.74, 6) is -0.0919. The molecule has 0 bridgehead atoms. The molecule has 4 nitrogen and oxygen atoms in total. The fraction of sp³-hybridized carbons (Fsp3) is 0.100. The van der Waals surface area contributed by atoms with Gasteiger partial charge in [-0.3, -0.25) is 9.59 Å². The smallest absolute Gasteiger partial charge is 0.267 e. The van der Waals surface area contributed by atoms with E-state index in [1.807, 2.05) is 5.38 Å². The van der Waals surface area contributed by atoms with Gasteiger partial charge < -0.3 is 0 Å². The Hall–Kier alpha value is -1.75. The van der Waals surface area contributed by atoms with Gasteiger partial charge in [0.15, 0.2) is 5.78 Å². The van der Waals surface area contributed by atoms with Gasteiger partial charge in [-0.2, -0.15) is 5.10 Å². The molecule has 5 heteroatoms. The third-order valence-corrected chi connectivity index (χ3v) is 2.79. The van der Waals surface area contributed by atoms with Crippen molar-refractivity contribution in [3.05, 3.63) is 51.1 Å². The lowest BCUT2D eigenvalue weighted by molar-refractivity contribution is 0.0969. The molecular formula is C10H8N2O2S. The van der Waals surface area contributed by atoms with E-state index in [2.05, 4.69) is 5.10 Å². The Balaban J connectivity index is 2.20. The summed E-state index contributed by atoms with van der Waals surface area (Å²) in [7, 11) is 0. The Morgan fingerprint density at radius 3 is 2.93 bits per heavy atom. The van der Waals surface area contributed by atoms with Crippen LogP contribution in [-0.4, -0.2) is 15.6 Å². The predicted molar refractivity (Wildman–Crippen MR) is 57.1 cm³/mol. The Morgan fingerprint density at radius 2 is 2.27 bits per heavy atom. The number of carbonyl (C=O) groups is 1. The van der Waals surface area contributed by atoms with Crippen LogP contribution >= 0.6 is 11.3 Å². The number of carbonyl (C=O) groups excluding carboxylic acids is 1. The summed E-state index contributed by atoms with van der Waals surface area (Å²) >= 11 is 1.36. The first-order valence-corrected chi connectivity index (χ1v) is 5.24. The fourth-order valence-electron chi connectivity index (χ4n) is 1.16. The molecule has 2 rings (SSSR count). The number of rotatable bonds is 3. The van der Waals surface area contributed by atoms with Crippen molar-refractivity contribution >= 4 is 17.1 Å². The minimum atomic E-state index is -0.262. The molecule has 2 heterocycles. The van der Waals surface area contributed by atoms with Crippen LogP contribution in [0.25, 0.3) is 0 Å². The maximum atomic E-state index is 11.6. The maximum absolute atomic E-state index is 11.6. The minimum absolute atomic E-state index is 0.000185. The van der Waals surface area contributed by atoms with Gasteiger partial charge in [0, 0.05) is 12.3 Å². The third kappa shape index (κ3) is 2.19. The molecule has 0 aliphatic heterocycles. The fourth-order valence-corrected chi connectivity index (χ4v) is 1.81. The predicted octanol–water partition coefficient (Wildman–Crippen LogP) is 1.19. The van der Waals surface area contributed by atoms with E-state index in [-0.39, 0.29) is 17.9 Å². The van der Waals surface area contributed by atoms with E-state index in [0.29, 0.717) is 4.88 Å². The third-order valence-electron chi connectivity index (χ3n) is 1.87. The molecule has 0 saturated carbocycles. The molecule has 0 aliphatic carbocycles. The molecule has 0 fully saturated rings. The summed E-state index contributed by atoms with van der Waals surface area (Å²) in [6, 6.07) is 6.48. The van der Waals surface area contributed by atoms with Gasteiger partial charge in [-0.25, -0.2) is 4.68 Å². The zero-order chi connectivity index (χ0) is 10.7. The monoisotopic (exact) mass is 220 g/mol. The molecule has 0 spiro atoms. The lowest BCUT2D eigenvalue weighted by atomic mass is 10.3. The van der Waals surface area contributed by atoms with Crippen molar-refractivity contribution < 1.29 is 4.79 Å². The van der Waals surface area contributed by atoms with Gasteiger partial charge >= 0.3 is 0 Å². The highest BCUT2D eigenvalue weighted by Gasteiger charge is 2.08. The molecule has 15 heavy (non-hydrogen) atoms. The largest absolute Gasteiger partial charge is 0.291 e. The summed E-state index contributed by atoms with van der Waals surface area (Å²) in [5, 5.41) is 5.64. The number of hydrogen-bond acceptors (Lipinski definition) is 4. The van der Waals surface area contributed by atoms with Crippen LogP contribution in [0.2, 0.25) is 0 Å². The first-order chi connectivity index (χ1) is 7.27. The summed E-state index contributed by atoms with van der Waals surface area (Å²) in [5.41, 5.74) is -0.262. The van der Waals surface area contributed by atoms with E-state index in [1.54, 1.807) is 18.2 Å². The van der Waals surface area contributed by atoms with Gasteiger partial charge in [-0.1, -0.05) is 6.07 Å². The highest BCUT2D eigenvalue weighted by Crippen LogP contribution is 2.09. The van der Waals surface area contributed by atoms with Gasteiger partial charge in [0.1, 0.15) is 6.54 Å². The van der Waals surface area contributed by atoms with E-state index < -0.39 is 0 Å². The van der Waals surface area contributed by atoms with Crippen LogP contribution in [0.1, 0.15) is 9.67 Å². The average Bonchev–Trinajstić information content (AvgIpc) is 2.74. The Kier molecular flexibility index (Phi) is 2.73. The highest BCUT2D eigenvalue weighted by atomic mass is 32.1. The van der Waals surface area contributed by atoms with Crippen molar-refractivity contribution in [2.24, 2.45) is 0 Å². The molecule has 0 aliphatic rings. The number of ketones is 1. The van der Waals surface area contributed by atoms with Crippen LogP contribution in [-0.2, 0) is 6.54 Å². The van der Waals surface area contributed by atoms with Crippen molar-refractivity contribution in [1.29, 1.82) is 0 Å². The van der Waals surface area contributed by atoms with Crippen molar-refractivity contribution in [1.82, 2.24) is 9.78 Å². The van der Waals surface area contributed by atoms with Crippen LogP contribution in [0.5, 0.6) is 0 Å². The minimum Gasteiger partial charge on any atom is -0.291 e. The maximum Gasteiger partial charge on any atom is 0.267 e. The quantitative estimate of drug-likeness (QED) is 0.730. The van der Waals surface area contributed by atoms with E-state index in [9.17, 15) is 9.59 Å². The van der Waals surface area contributed by atoms with Crippen LogP contribution in [0.3, 0.4) is 0 Å². The molecule has 0 atom stereocenters. The van der Waals surface area contributed by atoms with E-state index in [1.165, 1.54) is 23.6 Å². The SMILES string of the molecule is O=C(Cn1ncccc1=O)c1cccs1. The van der Waals surface area contributed by atoms with E-state index >= 15 is 0 Å². The molecule has 0 N–H and O–H groups in total. The zero-order valence-corrected chi connectivity index (χ0v) is 8.61. The average molecular weight is 220 g/mol. The molecule has 2 aromatic heterocycles. The van der Waals surface area contributed by atoms with Crippen molar-refractivity contribution in [3.63, 3.8) is 0 Å². The van der Waals surface area contributed by atoms with Crippen LogP contribution in [0.15, 0.2) is 40.6 Å². The molecular weight excluding hydrogens is 212 g/mol. The second-order valence-electron chi connectivity index (χ2n) is 2.92. The topological polar surface area (TPSA) is 52.0 Å². The lowest BCUT2D eigenvalue weighted by Crippen LogP contribution is -2.25. The van der Waals surface area contributed by atoms with Crippen LogP contribution in [0.4, 0.5) is 0 Å². The van der Waals surface area contributed by atoms with Gasteiger partial charge in [0.05, 0.1) is 4.88 Å². The second kappa shape index (κ2) is 4.18. The summed E-state index contributed by atoms with van der Waals surface area (Å²) in [4.78, 5) is 23.6. The van der Waals surface area contributed by atoms with Gasteiger partial charge in [0.25, 0.3) is 5.56 Å². The lowest BCUT2D eigenvalue weighted by Gasteiger charge is -2.00. The van der Waals surface area contributed by atoms with E-state index in [0.717, 1.165) is 4.68 Å². The Labute approximate surface area is 89.8 Å². The van der Waals surface area contributed by atoms with E-state index in [4.69, 9.17) is 0 Å². The Bertz CT molecular complexity index is 516. The Morgan fingerprint density at radius 1 is 1.40 bits per heavy atom. The molecule has 76 valence electrons. The summed E-state index contributed by atoms with van der Waals surface area (Å²) < 4.78 is 1.15. The number of aromatic nitrogens is 2. The van der Waals surface area contributed by atoms with Crippen LogP contribution in [0, 0.1) is 0 Å². The number of hydrogen-bond donors (Lipinski definition) is 0. The molecule has 0 unspecified atom stereocenters. The van der Waals surface area contributed by atoms with Crippen molar-refractivity contribution in [3.8, 4) is 0 Å². The number of thiophene rings is 1. The first-order valence-electron chi connectivity index (χ1n) is 4.36. The molecule has 0 radical (unpaired) electrons. The van der Waals surface area contributed by atoms with Crippen molar-refractivity contribution in [2.45, 2.75) is 6.54 Å². The first kappa shape index (κ1) is 9.79. The zero-order valence-electron chi connectivity index (χ0n) is 7.79. The molecule has 0 aromatic carbocycles. The van der Waals surface area contributed by atoms with Gasteiger partial charge in [-0.15, -0.1) is 11.3 Å². The number of nitrogens with zero attached hydrogens (tertiary/aromatic N) is 2. The summed E-state index contributed by atoms with van der Waals surface area (Å²) in [6.07, 6.45) is 1.49. The molecule has 0 saturated heterocycles. The number of Topliss-reactive ketones (excluding diaryl/α,β-unsaturated/α-hetero) is 1. The summed E-state index contributed by atoms with van der Waals surface area (Å²) in [6.45, 7) is 0.000185. The second-order valence-corrected chi connectivity index (χ2v) is 3.87. The molecule has 2 aromatic rings. The standard InChI is InChI=1S/C10H8N2O2S/c13-8(9-3-2-6-15-9)7-12-10(14)4-1-5-11-12/h1-6H,7H2. The molecule has 0 amide bonds. The van der Waals surface area contributed by atoms with Crippen molar-refractivity contribution in [2.75, 3.05) is 0 Å². The van der Waals surface area contributed by atoms with Gasteiger partial charge in [-0.05, 0) is 17.5 Å². The highest BCUT2D eigenvalue weighted by molar-refractivity contribution is 7.12. The van der Waals surface area contributed by atoms with Gasteiger partial charge in [0.2, 0.25) is 0 Å².